The molecule has 0 aliphatic rings. The summed E-state index contributed by atoms with van der Waals surface area (Å²) in [6.07, 6.45) is 0.0451. The summed E-state index contributed by atoms with van der Waals surface area (Å²) in [5, 5.41) is 2.60. The van der Waals surface area contributed by atoms with E-state index >= 15 is 0 Å². The van der Waals surface area contributed by atoms with Crippen LogP contribution in [0.4, 0.5) is 5.69 Å². The summed E-state index contributed by atoms with van der Waals surface area (Å²) in [6.45, 7) is 1.43. The fraction of sp³-hybridized carbons (Fsp3) is 0.308. The Morgan fingerprint density at radius 1 is 1.17 bits per heavy atom. The number of anilines is 1. The third-order valence-corrected chi connectivity index (χ3v) is 2.36. The van der Waals surface area contributed by atoms with E-state index in [9.17, 15) is 14.4 Å². The molecule has 0 unspecified atom stereocenters. The van der Waals surface area contributed by atoms with Crippen molar-refractivity contribution in [2.45, 2.75) is 19.8 Å². The molecule has 1 N–H and O–H groups in total. The van der Waals surface area contributed by atoms with Gasteiger partial charge in [0.1, 0.15) is 0 Å². The van der Waals surface area contributed by atoms with Crippen LogP contribution in [0.15, 0.2) is 24.3 Å². The third-order valence-electron chi connectivity index (χ3n) is 2.36. The second-order valence-electron chi connectivity index (χ2n) is 3.73. The van der Waals surface area contributed by atoms with Crippen molar-refractivity contribution in [1.82, 2.24) is 0 Å². The first kappa shape index (κ1) is 13.9. The number of ketones is 1. The predicted octanol–water partition coefficient (Wildman–Crippen LogP) is 1.78. The Hall–Kier alpha value is -2.17. The largest absolute Gasteiger partial charge is 0.469 e. The van der Waals surface area contributed by atoms with Crippen LogP contribution in [0.3, 0.4) is 0 Å². The number of rotatable bonds is 5. The molecule has 96 valence electrons. The summed E-state index contributed by atoms with van der Waals surface area (Å²) in [5.74, 6) is -0.891. The number of nitrogens with one attached hydrogen (secondary N) is 1. The number of carbonyl (C=O) groups excluding carboxylic acids is 3. The lowest BCUT2D eigenvalue weighted by atomic mass is 10.1. The van der Waals surface area contributed by atoms with Crippen LogP contribution >= 0.6 is 0 Å². The molecule has 0 atom stereocenters. The number of amides is 1. The van der Waals surface area contributed by atoms with E-state index in [0.29, 0.717) is 11.3 Å². The number of esters is 1. The minimum Gasteiger partial charge on any atom is -0.469 e. The zero-order valence-corrected chi connectivity index (χ0v) is 10.4. The van der Waals surface area contributed by atoms with E-state index in [1.54, 1.807) is 24.3 Å². The fourth-order valence-electron chi connectivity index (χ4n) is 1.43. The number of benzene rings is 1. The van der Waals surface area contributed by atoms with Crippen molar-refractivity contribution >= 4 is 23.3 Å². The highest BCUT2D eigenvalue weighted by Crippen LogP contribution is 2.15. The van der Waals surface area contributed by atoms with Gasteiger partial charge in [-0.15, -0.1) is 0 Å². The molecule has 0 saturated carbocycles. The molecule has 5 nitrogen and oxygen atoms in total. The summed E-state index contributed by atoms with van der Waals surface area (Å²) in [7, 11) is 1.27. The Morgan fingerprint density at radius 2 is 1.83 bits per heavy atom. The molecule has 0 heterocycles. The number of Topliss-reactive ketones (excluding diaryl/α,β-unsaturated/α-hetero) is 1. The van der Waals surface area contributed by atoms with Crippen LogP contribution in [-0.2, 0) is 14.3 Å². The highest BCUT2D eigenvalue weighted by molar-refractivity contribution is 6.03. The summed E-state index contributed by atoms with van der Waals surface area (Å²) in [4.78, 5) is 33.8. The van der Waals surface area contributed by atoms with Gasteiger partial charge in [0.15, 0.2) is 5.78 Å². The van der Waals surface area contributed by atoms with Crippen molar-refractivity contribution in [2.24, 2.45) is 0 Å². The molecule has 0 fully saturated rings. The minimum absolute atomic E-state index is 0.0184. The fourth-order valence-corrected chi connectivity index (χ4v) is 1.43. The van der Waals surface area contributed by atoms with Crippen LogP contribution < -0.4 is 5.32 Å². The lowest BCUT2D eigenvalue weighted by Crippen LogP contribution is -2.15. The van der Waals surface area contributed by atoms with Crippen LogP contribution in [0.5, 0.6) is 0 Å². The van der Waals surface area contributed by atoms with Crippen LogP contribution in [0.2, 0.25) is 0 Å². The van der Waals surface area contributed by atoms with Gasteiger partial charge in [-0.1, -0.05) is 12.1 Å². The van der Waals surface area contributed by atoms with Gasteiger partial charge < -0.3 is 10.1 Å². The monoisotopic (exact) mass is 249 g/mol. The van der Waals surface area contributed by atoms with Crippen molar-refractivity contribution in [3.63, 3.8) is 0 Å². The normalized spacial score (nSPS) is 9.67. The SMILES string of the molecule is COC(=O)CCC(=O)Nc1ccccc1C(C)=O. The quantitative estimate of drug-likeness (QED) is 0.637. The molecule has 0 spiro atoms. The number of para-hydroxylation sites is 1. The van der Waals surface area contributed by atoms with Crippen molar-refractivity contribution in [1.29, 1.82) is 0 Å². The van der Waals surface area contributed by atoms with Gasteiger partial charge in [-0.3, -0.25) is 14.4 Å². The number of ether oxygens (including phenoxy) is 1. The molecule has 0 aromatic heterocycles. The molecular weight excluding hydrogens is 234 g/mol. The Kier molecular flexibility index (Phi) is 5.05. The molecule has 0 aliphatic heterocycles. The zero-order valence-electron chi connectivity index (χ0n) is 10.4. The molecule has 1 aromatic rings. The van der Waals surface area contributed by atoms with Crippen LogP contribution in [0, 0.1) is 0 Å². The van der Waals surface area contributed by atoms with E-state index in [4.69, 9.17) is 0 Å². The van der Waals surface area contributed by atoms with Gasteiger partial charge in [-0.2, -0.15) is 0 Å². The summed E-state index contributed by atoms with van der Waals surface area (Å²) >= 11 is 0. The third kappa shape index (κ3) is 4.01. The van der Waals surface area contributed by atoms with E-state index in [0.717, 1.165) is 0 Å². The van der Waals surface area contributed by atoms with Gasteiger partial charge in [0.2, 0.25) is 5.91 Å². The lowest BCUT2D eigenvalue weighted by molar-refractivity contribution is -0.141. The molecule has 18 heavy (non-hydrogen) atoms. The molecule has 0 aliphatic carbocycles. The Balaban J connectivity index is 2.65. The maximum absolute atomic E-state index is 11.6. The Labute approximate surface area is 105 Å². The topological polar surface area (TPSA) is 72.5 Å². The maximum atomic E-state index is 11.6. The summed E-state index contributed by atoms with van der Waals surface area (Å²) < 4.78 is 4.44. The van der Waals surface area contributed by atoms with E-state index in [2.05, 4.69) is 10.1 Å². The smallest absolute Gasteiger partial charge is 0.306 e. The van der Waals surface area contributed by atoms with E-state index in [-0.39, 0.29) is 24.5 Å². The van der Waals surface area contributed by atoms with Crippen molar-refractivity contribution in [3.8, 4) is 0 Å². The molecule has 1 amide bonds. The Morgan fingerprint density at radius 3 is 2.44 bits per heavy atom. The second-order valence-corrected chi connectivity index (χ2v) is 3.73. The molecule has 0 radical (unpaired) electrons. The molecule has 0 saturated heterocycles. The Bertz CT molecular complexity index is 468. The standard InChI is InChI=1S/C13H15NO4/c1-9(15)10-5-3-4-6-11(10)14-12(16)7-8-13(17)18-2/h3-6H,7-8H2,1-2H3,(H,14,16). The number of methoxy groups -OCH3 is 1. The first-order chi connectivity index (χ1) is 8.54. The highest BCUT2D eigenvalue weighted by atomic mass is 16.5. The molecule has 0 bridgehead atoms. The highest BCUT2D eigenvalue weighted by Gasteiger charge is 2.11. The van der Waals surface area contributed by atoms with E-state index < -0.39 is 5.97 Å². The first-order valence-corrected chi connectivity index (χ1v) is 5.51. The predicted molar refractivity (Wildman–Crippen MR) is 66.3 cm³/mol. The van der Waals surface area contributed by atoms with Crippen LogP contribution in [0.1, 0.15) is 30.1 Å². The van der Waals surface area contributed by atoms with Gasteiger partial charge in [-0.05, 0) is 19.1 Å². The molecule has 5 heteroatoms. The average molecular weight is 249 g/mol. The molecular formula is C13H15NO4. The second kappa shape index (κ2) is 6.54. The van der Waals surface area contributed by atoms with Crippen LogP contribution in [0.25, 0.3) is 0 Å². The average Bonchev–Trinajstić information content (AvgIpc) is 2.36. The lowest BCUT2D eigenvalue weighted by Gasteiger charge is -2.08. The van der Waals surface area contributed by atoms with Crippen molar-refractivity contribution in [3.05, 3.63) is 29.8 Å². The molecule has 1 rings (SSSR count). The molecule has 1 aromatic carbocycles. The van der Waals surface area contributed by atoms with Crippen molar-refractivity contribution < 1.29 is 19.1 Å². The van der Waals surface area contributed by atoms with Crippen LogP contribution in [-0.4, -0.2) is 24.8 Å². The zero-order chi connectivity index (χ0) is 13.5. The summed E-state index contributed by atoms with van der Waals surface area (Å²) in [5.41, 5.74) is 0.906. The van der Waals surface area contributed by atoms with Crippen molar-refractivity contribution in [2.75, 3.05) is 12.4 Å². The summed E-state index contributed by atoms with van der Waals surface area (Å²) in [6, 6.07) is 6.73. The number of hydrogen-bond donors (Lipinski definition) is 1. The van der Waals surface area contributed by atoms with E-state index in [1.165, 1.54) is 14.0 Å². The maximum Gasteiger partial charge on any atom is 0.306 e. The number of carbonyl (C=O) groups is 3. The van der Waals surface area contributed by atoms with Gasteiger partial charge >= 0.3 is 5.97 Å². The van der Waals surface area contributed by atoms with E-state index in [1.807, 2.05) is 0 Å². The first-order valence-electron chi connectivity index (χ1n) is 5.51. The van der Waals surface area contributed by atoms with Gasteiger partial charge in [0.25, 0.3) is 0 Å². The van der Waals surface area contributed by atoms with Gasteiger partial charge in [-0.25, -0.2) is 0 Å². The number of hydrogen-bond acceptors (Lipinski definition) is 4. The van der Waals surface area contributed by atoms with Gasteiger partial charge in [0.05, 0.1) is 19.2 Å². The van der Waals surface area contributed by atoms with Gasteiger partial charge in [0, 0.05) is 12.0 Å². The minimum atomic E-state index is -0.440.